The minimum atomic E-state index is -0.228. The first-order valence-corrected chi connectivity index (χ1v) is 6.86. The SMILES string of the molecule is Nc1ccc2[nH]nc(C(=O)NC3CCC(O)CC3)c2c1. The average Bonchev–Trinajstić information content (AvgIpc) is 2.84. The summed E-state index contributed by atoms with van der Waals surface area (Å²) in [5.74, 6) is -0.191. The highest BCUT2D eigenvalue weighted by molar-refractivity contribution is 6.05. The maximum atomic E-state index is 12.3. The summed E-state index contributed by atoms with van der Waals surface area (Å²) >= 11 is 0. The normalized spacial score (nSPS) is 22.9. The van der Waals surface area contributed by atoms with Crippen LogP contribution in [0.3, 0.4) is 0 Å². The van der Waals surface area contributed by atoms with Gasteiger partial charge in [-0.25, -0.2) is 0 Å². The highest BCUT2D eigenvalue weighted by Gasteiger charge is 2.23. The Bertz CT molecular complexity index is 629. The molecule has 1 heterocycles. The molecule has 1 aromatic carbocycles. The first-order valence-electron chi connectivity index (χ1n) is 6.86. The zero-order chi connectivity index (χ0) is 14.1. The molecule has 1 aliphatic carbocycles. The standard InChI is InChI=1S/C14H18N4O2/c15-8-1-6-12-11(7-8)13(18-17-12)14(20)16-9-2-4-10(19)5-3-9/h1,6-7,9-10,19H,2-5,15H2,(H,16,20)(H,17,18). The summed E-state index contributed by atoms with van der Waals surface area (Å²) < 4.78 is 0. The van der Waals surface area contributed by atoms with Gasteiger partial charge < -0.3 is 16.2 Å². The molecule has 0 aliphatic heterocycles. The van der Waals surface area contributed by atoms with Crippen LogP contribution in [-0.2, 0) is 0 Å². The smallest absolute Gasteiger partial charge is 0.272 e. The summed E-state index contributed by atoms with van der Waals surface area (Å²) in [4.78, 5) is 12.3. The number of nitrogens with two attached hydrogens (primary N) is 1. The topological polar surface area (TPSA) is 104 Å². The number of aliphatic hydroxyl groups is 1. The summed E-state index contributed by atoms with van der Waals surface area (Å²) in [6.45, 7) is 0. The van der Waals surface area contributed by atoms with E-state index in [1.165, 1.54) is 0 Å². The molecular weight excluding hydrogens is 256 g/mol. The molecule has 1 fully saturated rings. The minimum Gasteiger partial charge on any atom is -0.399 e. The monoisotopic (exact) mass is 274 g/mol. The molecule has 6 nitrogen and oxygen atoms in total. The number of carbonyl (C=O) groups excluding carboxylic acids is 1. The van der Waals surface area contributed by atoms with Crippen molar-refractivity contribution in [3.05, 3.63) is 23.9 Å². The van der Waals surface area contributed by atoms with Crippen LogP contribution < -0.4 is 11.1 Å². The molecule has 1 aliphatic rings. The quantitative estimate of drug-likeness (QED) is 0.617. The van der Waals surface area contributed by atoms with Crippen LogP contribution in [-0.4, -0.2) is 33.4 Å². The number of anilines is 1. The molecule has 106 valence electrons. The second kappa shape index (κ2) is 5.13. The second-order valence-corrected chi connectivity index (χ2v) is 5.36. The van der Waals surface area contributed by atoms with E-state index in [2.05, 4.69) is 15.5 Å². The van der Waals surface area contributed by atoms with Crippen LogP contribution in [0.2, 0.25) is 0 Å². The molecule has 0 spiro atoms. The van der Waals surface area contributed by atoms with Gasteiger partial charge in [-0.3, -0.25) is 9.89 Å². The lowest BCUT2D eigenvalue weighted by atomic mass is 9.93. The van der Waals surface area contributed by atoms with Crippen LogP contribution in [0.1, 0.15) is 36.2 Å². The molecule has 20 heavy (non-hydrogen) atoms. The molecule has 1 amide bonds. The van der Waals surface area contributed by atoms with Gasteiger partial charge in [-0.05, 0) is 43.9 Å². The third-order valence-electron chi connectivity index (χ3n) is 3.83. The van der Waals surface area contributed by atoms with Gasteiger partial charge in [0.1, 0.15) is 0 Å². The second-order valence-electron chi connectivity index (χ2n) is 5.36. The lowest BCUT2D eigenvalue weighted by Gasteiger charge is -2.25. The van der Waals surface area contributed by atoms with E-state index >= 15 is 0 Å². The number of hydrogen-bond acceptors (Lipinski definition) is 4. The van der Waals surface area contributed by atoms with Crippen LogP contribution in [0.5, 0.6) is 0 Å². The van der Waals surface area contributed by atoms with E-state index < -0.39 is 0 Å². The zero-order valence-electron chi connectivity index (χ0n) is 11.1. The van der Waals surface area contributed by atoms with Gasteiger partial charge in [0, 0.05) is 17.1 Å². The maximum Gasteiger partial charge on any atom is 0.272 e. The van der Waals surface area contributed by atoms with Crippen LogP contribution in [0, 0.1) is 0 Å². The van der Waals surface area contributed by atoms with Crippen molar-refractivity contribution in [1.82, 2.24) is 15.5 Å². The number of rotatable bonds is 2. The number of aliphatic hydroxyl groups excluding tert-OH is 1. The fourth-order valence-corrected chi connectivity index (χ4v) is 2.68. The van der Waals surface area contributed by atoms with Crippen molar-refractivity contribution >= 4 is 22.5 Å². The minimum absolute atomic E-state index is 0.110. The summed E-state index contributed by atoms with van der Waals surface area (Å²) in [7, 11) is 0. The summed E-state index contributed by atoms with van der Waals surface area (Å²) in [6.07, 6.45) is 2.85. The van der Waals surface area contributed by atoms with Crippen LogP contribution in [0.25, 0.3) is 10.9 Å². The van der Waals surface area contributed by atoms with E-state index in [-0.39, 0.29) is 18.1 Å². The number of nitrogens with one attached hydrogen (secondary N) is 2. The summed E-state index contributed by atoms with van der Waals surface area (Å²) in [5, 5.41) is 20.1. The van der Waals surface area contributed by atoms with E-state index in [9.17, 15) is 9.90 Å². The molecule has 0 radical (unpaired) electrons. The van der Waals surface area contributed by atoms with Crippen molar-refractivity contribution in [2.45, 2.75) is 37.8 Å². The van der Waals surface area contributed by atoms with Crippen molar-refractivity contribution in [1.29, 1.82) is 0 Å². The predicted molar refractivity (Wildman–Crippen MR) is 76.2 cm³/mol. The molecule has 2 aromatic rings. The Balaban J connectivity index is 1.77. The van der Waals surface area contributed by atoms with Gasteiger partial charge in [0.25, 0.3) is 5.91 Å². The van der Waals surface area contributed by atoms with Gasteiger partial charge in [0.05, 0.1) is 11.6 Å². The van der Waals surface area contributed by atoms with Gasteiger partial charge in [-0.15, -0.1) is 0 Å². The molecule has 1 saturated carbocycles. The van der Waals surface area contributed by atoms with E-state index in [4.69, 9.17) is 5.73 Å². The van der Waals surface area contributed by atoms with Crippen molar-refractivity contribution < 1.29 is 9.90 Å². The number of benzene rings is 1. The Morgan fingerprint density at radius 2 is 2.10 bits per heavy atom. The largest absolute Gasteiger partial charge is 0.399 e. The average molecular weight is 274 g/mol. The zero-order valence-corrected chi connectivity index (χ0v) is 11.1. The van der Waals surface area contributed by atoms with Crippen molar-refractivity contribution in [2.75, 3.05) is 5.73 Å². The molecule has 6 heteroatoms. The van der Waals surface area contributed by atoms with Gasteiger partial charge >= 0.3 is 0 Å². The van der Waals surface area contributed by atoms with Crippen molar-refractivity contribution in [2.24, 2.45) is 0 Å². The Morgan fingerprint density at radius 1 is 1.35 bits per heavy atom. The number of aromatic nitrogens is 2. The van der Waals surface area contributed by atoms with Crippen molar-refractivity contribution in [3.63, 3.8) is 0 Å². The number of nitrogen functional groups attached to an aromatic ring is 1. The Morgan fingerprint density at radius 3 is 2.85 bits per heavy atom. The maximum absolute atomic E-state index is 12.3. The van der Waals surface area contributed by atoms with E-state index in [1.54, 1.807) is 12.1 Å². The Labute approximate surface area is 116 Å². The molecule has 0 bridgehead atoms. The number of nitrogens with zero attached hydrogens (tertiary/aromatic N) is 1. The Hall–Kier alpha value is -2.08. The van der Waals surface area contributed by atoms with E-state index in [0.29, 0.717) is 11.4 Å². The molecule has 0 atom stereocenters. The fraction of sp³-hybridized carbons (Fsp3) is 0.429. The van der Waals surface area contributed by atoms with Gasteiger partial charge in [-0.1, -0.05) is 0 Å². The highest BCUT2D eigenvalue weighted by atomic mass is 16.3. The summed E-state index contributed by atoms with van der Waals surface area (Å²) in [6, 6.07) is 5.44. The lowest BCUT2D eigenvalue weighted by Crippen LogP contribution is -2.38. The fourth-order valence-electron chi connectivity index (χ4n) is 2.68. The lowest BCUT2D eigenvalue weighted by molar-refractivity contribution is 0.0864. The van der Waals surface area contributed by atoms with Crippen molar-refractivity contribution in [3.8, 4) is 0 Å². The molecule has 0 saturated heterocycles. The molecule has 5 N–H and O–H groups in total. The highest BCUT2D eigenvalue weighted by Crippen LogP contribution is 2.21. The number of carbonyl (C=O) groups is 1. The number of H-pyrrole nitrogens is 1. The van der Waals surface area contributed by atoms with Gasteiger partial charge in [-0.2, -0.15) is 5.10 Å². The number of amides is 1. The first-order chi connectivity index (χ1) is 9.63. The number of fused-ring (bicyclic) bond motifs is 1. The number of hydrogen-bond donors (Lipinski definition) is 4. The van der Waals surface area contributed by atoms with E-state index in [1.807, 2.05) is 6.07 Å². The first kappa shape index (κ1) is 12.9. The van der Waals surface area contributed by atoms with Gasteiger partial charge in [0.2, 0.25) is 0 Å². The molecule has 3 rings (SSSR count). The predicted octanol–water partition coefficient (Wildman–Crippen LogP) is 1.18. The Kier molecular flexibility index (Phi) is 3.31. The molecule has 0 unspecified atom stereocenters. The van der Waals surface area contributed by atoms with Crippen LogP contribution in [0.15, 0.2) is 18.2 Å². The third-order valence-corrected chi connectivity index (χ3v) is 3.83. The van der Waals surface area contributed by atoms with Crippen LogP contribution >= 0.6 is 0 Å². The molecule has 1 aromatic heterocycles. The van der Waals surface area contributed by atoms with Crippen LogP contribution in [0.4, 0.5) is 5.69 Å². The summed E-state index contributed by atoms with van der Waals surface area (Å²) in [5.41, 5.74) is 7.52. The van der Waals surface area contributed by atoms with Gasteiger partial charge in [0.15, 0.2) is 5.69 Å². The third kappa shape index (κ3) is 2.46. The van der Waals surface area contributed by atoms with E-state index in [0.717, 1.165) is 36.6 Å². The number of aromatic amines is 1. The molecular formula is C14H18N4O2.